The molecule has 2 aromatic rings. The monoisotopic (exact) mass is 324 g/mol. The molecule has 1 atom stereocenters. The lowest BCUT2D eigenvalue weighted by Crippen LogP contribution is -2.13. The molecular formula is C20H20O4. The summed E-state index contributed by atoms with van der Waals surface area (Å²) >= 11 is 0. The van der Waals surface area contributed by atoms with Crippen LogP contribution >= 0.6 is 0 Å². The number of aromatic carboxylic acids is 1. The van der Waals surface area contributed by atoms with Gasteiger partial charge in [-0.15, -0.1) is 0 Å². The van der Waals surface area contributed by atoms with Crippen LogP contribution in [0, 0.1) is 0 Å². The number of carboxylic acids is 1. The Morgan fingerprint density at radius 3 is 2.67 bits per heavy atom. The molecule has 1 N–H and O–H groups in total. The molecule has 0 spiro atoms. The number of carbonyl (C=O) groups excluding carboxylic acids is 1. The summed E-state index contributed by atoms with van der Waals surface area (Å²) in [6.45, 7) is 2.17. The van der Waals surface area contributed by atoms with Crippen LogP contribution in [0.4, 0.5) is 0 Å². The van der Waals surface area contributed by atoms with Crippen molar-refractivity contribution in [2.45, 2.75) is 32.1 Å². The number of hydrogen-bond acceptors (Lipinski definition) is 3. The van der Waals surface area contributed by atoms with Gasteiger partial charge in [0.25, 0.3) is 0 Å². The van der Waals surface area contributed by atoms with Gasteiger partial charge in [-0.3, -0.25) is 4.79 Å². The Kier molecular flexibility index (Phi) is 4.65. The molecule has 0 fully saturated rings. The topological polar surface area (TPSA) is 63.6 Å². The molecule has 1 aliphatic carbocycles. The summed E-state index contributed by atoms with van der Waals surface area (Å²) in [4.78, 5) is 23.3. The number of fused-ring (bicyclic) bond motifs is 2. The summed E-state index contributed by atoms with van der Waals surface area (Å²) in [7, 11) is 0. The predicted molar refractivity (Wildman–Crippen MR) is 90.3 cm³/mol. The number of ether oxygens (including phenoxy) is 1. The highest BCUT2D eigenvalue weighted by atomic mass is 16.5. The standard InChI is InChI=1S/C20H20O4/c1-2-24-19(21)12-17-11-16-10-15(20(22)23)8-7-13(16)9-14-5-3-4-6-18(14)17/h3-8,10,17H,2,9,11-12H2,1H3,(H,22,23). The predicted octanol–water partition coefficient (Wildman–Crippen LogP) is 3.57. The molecule has 124 valence electrons. The van der Waals surface area contributed by atoms with Gasteiger partial charge in [0.2, 0.25) is 0 Å². The molecule has 24 heavy (non-hydrogen) atoms. The van der Waals surface area contributed by atoms with Crippen LogP contribution in [0.3, 0.4) is 0 Å². The second-order valence-electron chi connectivity index (χ2n) is 6.07. The zero-order chi connectivity index (χ0) is 17.1. The lowest BCUT2D eigenvalue weighted by Gasteiger charge is -2.17. The highest BCUT2D eigenvalue weighted by Crippen LogP contribution is 2.34. The van der Waals surface area contributed by atoms with Crippen LogP contribution in [-0.2, 0) is 22.4 Å². The molecule has 1 unspecified atom stereocenters. The van der Waals surface area contributed by atoms with Crippen LogP contribution < -0.4 is 0 Å². The molecule has 4 heteroatoms. The second-order valence-corrected chi connectivity index (χ2v) is 6.07. The van der Waals surface area contributed by atoms with Crippen LogP contribution in [0.2, 0.25) is 0 Å². The smallest absolute Gasteiger partial charge is 0.335 e. The van der Waals surface area contributed by atoms with Crippen LogP contribution in [0.25, 0.3) is 0 Å². The Bertz CT molecular complexity index is 779. The van der Waals surface area contributed by atoms with Crippen molar-refractivity contribution in [1.29, 1.82) is 0 Å². The molecule has 3 rings (SSSR count). The normalized spacial score (nSPS) is 15.8. The first-order valence-electron chi connectivity index (χ1n) is 8.17. The van der Waals surface area contributed by atoms with Crippen LogP contribution in [0.5, 0.6) is 0 Å². The molecule has 0 heterocycles. The Labute approximate surface area is 141 Å². The van der Waals surface area contributed by atoms with E-state index >= 15 is 0 Å². The van der Waals surface area contributed by atoms with Crippen molar-refractivity contribution in [2.24, 2.45) is 0 Å². The number of carboxylic acid groups (broad SMARTS) is 1. The van der Waals surface area contributed by atoms with Crippen LogP contribution in [-0.4, -0.2) is 23.7 Å². The molecule has 2 aromatic carbocycles. The van der Waals surface area contributed by atoms with E-state index in [0.717, 1.165) is 23.1 Å². The molecule has 0 amide bonds. The van der Waals surface area contributed by atoms with Crippen molar-refractivity contribution in [1.82, 2.24) is 0 Å². The van der Waals surface area contributed by atoms with E-state index in [1.807, 2.05) is 18.2 Å². The van der Waals surface area contributed by atoms with E-state index in [2.05, 4.69) is 12.1 Å². The summed E-state index contributed by atoms with van der Waals surface area (Å²) in [5.41, 5.74) is 4.75. The molecule has 0 radical (unpaired) electrons. The first-order chi connectivity index (χ1) is 11.6. The van der Waals surface area contributed by atoms with Gasteiger partial charge in [-0.25, -0.2) is 4.79 Å². The average molecular weight is 324 g/mol. The first kappa shape index (κ1) is 16.2. The van der Waals surface area contributed by atoms with Gasteiger partial charge in [0.05, 0.1) is 18.6 Å². The minimum Gasteiger partial charge on any atom is -0.478 e. The molecule has 4 nitrogen and oxygen atoms in total. The Morgan fingerprint density at radius 2 is 1.92 bits per heavy atom. The summed E-state index contributed by atoms with van der Waals surface area (Å²) in [5.74, 6) is -1.14. The highest BCUT2D eigenvalue weighted by molar-refractivity contribution is 5.88. The summed E-state index contributed by atoms with van der Waals surface area (Å²) in [6.07, 6.45) is 1.71. The maximum Gasteiger partial charge on any atom is 0.335 e. The van der Waals surface area contributed by atoms with Crippen LogP contribution in [0.15, 0.2) is 42.5 Å². The maximum atomic E-state index is 12.0. The van der Waals surface area contributed by atoms with Gasteiger partial charge < -0.3 is 9.84 Å². The second kappa shape index (κ2) is 6.87. The molecule has 0 aromatic heterocycles. The molecule has 0 bridgehead atoms. The van der Waals surface area contributed by atoms with Crippen molar-refractivity contribution in [3.8, 4) is 0 Å². The van der Waals surface area contributed by atoms with Crippen molar-refractivity contribution in [3.05, 3.63) is 70.3 Å². The van der Waals surface area contributed by atoms with E-state index in [-0.39, 0.29) is 17.5 Å². The van der Waals surface area contributed by atoms with E-state index in [4.69, 9.17) is 4.74 Å². The third kappa shape index (κ3) is 3.32. The van der Waals surface area contributed by atoms with E-state index in [0.29, 0.717) is 19.4 Å². The van der Waals surface area contributed by atoms with Crippen molar-refractivity contribution >= 4 is 11.9 Å². The third-order valence-corrected chi connectivity index (χ3v) is 4.51. The zero-order valence-corrected chi connectivity index (χ0v) is 13.6. The van der Waals surface area contributed by atoms with Gasteiger partial charge in [-0.05, 0) is 60.1 Å². The van der Waals surface area contributed by atoms with Crippen LogP contribution in [0.1, 0.15) is 51.9 Å². The Balaban J connectivity index is 2.00. The van der Waals surface area contributed by atoms with Crippen molar-refractivity contribution in [2.75, 3.05) is 6.61 Å². The Hall–Kier alpha value is -2.62. The van der Waals surface area contributed by atoms with Crippen molar-refractivity contribution < 1.29 is 19.4 Å². The molecular weight excluding hydrogens is 304 g/mol. The summed E-state index contributed by atoms with van der Waals surface area (Å²) in [5, 5.41) is 9.24. The third-order valence-electron chi connectivity index (χ3n) is 4.51. The van der Waals surface area contributed by atoms with E-state index < -0.39 is 5.97 Å². The van der Waals surface area contributed by atoms with Gasteiger partial charge in [0.15, 0.2) is 0 Å². The number of carbonyl (C=O) groups is 2. The fourth-order valence-corrected chi connectivity index (χ4v) is 3.40. The zero-order valence-electron chi connectivity index (χ0n) is 13.6. The maximum absolute atomic E-state index is 12.0. The molecule has 0 aliphatic heterocycles. The van der Waals surface area contributed by atoms with E-state index in [1.165, 1.54) is 5.56 Å². The fourth-order valence-electron chi connectivity index (χ4n) is 3.40. The number of esters is 1. The van der Waals surface area contributed by atoms with Gasteiger partial charge >= 0.3 is 11.9 Å². The van der Waals surface area contributed by atoms with Gasteiger partial charge in [-0.2, -0.15) is 0 Å². The SMILES string of the molecule is CCOC(=O)CC1Cc2cc(C(=O)O)ccc2Cc2ccccc21. The van der Waals surface area contributed by atoms with E-state index in [1.54, 1.807) is 19.1 Å². The molecule has 1 aliphatic rings. The highest BCUT2D eigenvalue weighted by Gasteiger charge is 2.25. The van der Waals surface area contributed by atoms with Crippen molar-refractivity contribution in [3.63, 3.8) is 0 Å². The number of hydrogen-bond donors (Lipinski definition) is 1. The molecule has 0 saturated heterocycles. The summed E-state index contributed by atoms with van der Waals surface area (Å²) in [6, 6.07) is 13.4. The number of rotatable bonds is 4. The fraction of sp³-hybridized carbons (Fsp3) is 0.300. The lowest BCUT2D eigenvalue weighted by molar-refractivity contribution is -0.143. The number of benzene rings is 2. The average Bonchev–Trinajstić information content (AvgIpc) is 2.71. The van der Waals surface area contributed by atoms with Gasteiger partial charge in [0.1, 0.15) is 0 Å². The lowest BCUT2D eigenvalue weighted by atomic mass is 9.88. The first-order valence-corrected chi connectivity index (χ1v) is 8.17. The van der Waals surface area contributed by atoms with Gasteiger partial charge in [-0.1, -0.05) is 30.3 Å². The molecule has 0 saturated carbocycles. The minimum atomic E-state index is -0.929. The minimum absolute atomic E-state index is 0.00513. The quantitative estimate of drug-likeness (QED) is 0.873. The van der Waals surface area contributed by atoms with Gasteiger partial charge in [0, 0.05) is 0 Å². The Morgan fingerprint density at radius 1 is 1.12 bits per heavy atom. The van der Waals surface area contributed by atoms with E-state index in [9.17, 15) is 14.7 Å². The summed E-state index contributed by atoms with van der Waals surface area (Å²) < 4.78 is 5.12. The largest absolute Gasteiger partial charge is 0.478 e.